The van der Waals surface area contributed by atoms with Crippen molar-refractivity contribution in [3.05, 3.63) is 41.5 Å². The van der Waals surface area contributed by atoms with Gasteiger partial charge >= 0.3 is 0 Å². The highest BCUT2D eigenvalue weighted by Crippen LogP contribution is 2.32. The Bertz CT molecular complexity index is 634. The van der Waals surface area contributed by atoms with Gasteiger partial charge in [-0.1, -0.05) is 32.0 Å². The van der Waals surface area contributed by atoms with E-state index in [9.17, 15) is 0 Å². The first-order valence-corrected chi connectivity index (χ1v) is 8.67. The summed E-state index contributed by atoms with van der Waals surface area (Å²) in [7, 11) is 0. The van der Waals surface area contributed by atoms with Crippen molar-refractivity contribution in [1.82, 2.24) is 20.5 Å². The van der Waals surface area contributed by atoms with Crippen LogP contribution in [0.5, 0.6) is 0 Å². The lowest BCUT2D eigenvalue weighted by molar-refractivity contribution is 0.487. The van der Waals surface area contributed by atoms with E-state index in [-0.39, 0.29) is 0 Å². The third kappa shape index (κ3) is 3.55. The Balaban J connectivity index is 1.74. The Kier molecular flexibility index (Phi) is 4.96. The second-order valence-electron chi connectivity index (χ2n) is 6.51. The average molecular weight is 313 g/mol. The topological polar surface area (TPSA) is 56.8 Å². The fourth-order valence-electron chi connectivity index (χ4n) is 3.24. The number of rotatable bonds is 5. The Hall–Kier alpha value is -1.88. The summed E-state index contributed by atoms with van der Waals surface area (Å²) in [6, 6.07) is 9.13. The fourth-order valence-corrected chi connectivity index (χ4v) is 3.24. The van der Waals surface area contributed by atoms with Crippen molar-refractivity contribution < 1.29 is 0 Å². The van der Waals surface area contributed by atoms with E-state index < -0.39 is 0 Å². The van der Waals surface area contributed by atoms with Crippen LogP contribution in [0, 0.1) is 0 Å². The van der Waals surface area contributed by atoms with E-state index in [2.05, 4.69) is 70.4 Å². The van der Waals surface area contributed by atoms with Crippen molar-refractivity contribution in [2.75, 3.05) is 18.0 Å². The van der Waals surface area contributed by atoms with Gasteiger partial charge in [-0.05, 0) is 31.4 Å². The SMILES string of the molecule is CCN1CCCC(NCc2nc(C(C)C)n[nH]2)c2ccccc21. The van der Waals surface area contributed by atoms with Crippen molar-refractivity contribution in [3.63, 3.8) is 0 Å². The van der Waals surface area contributed by atoms with Gasteiger partial charge in [0.15, 0.2) is 5.82 Å². The van der Waals surface area contributed by atoms with E-state index in [0.717, 1.165) is 37.7 Å². The van der Waals surface area contributed by atoms with Crippen molar-refractivity contribution in [1.29, 1.82) is 0 Å². The van der Waals surface area contributed by atoms with Gasteiger partial charge in [0.25, 0.3) is 0 Å². The van der Waals surface area contributed by atoms with Gasteiger partial charge in [0.2, 0.25) is 0 Å². The first kappa shape index (κ1) is 16.0. The minimum atomic E-state index is 0.358. The molecular formula is C18H27N5. The summed E-state index contributed by atoms with van der Waals surface area (Å²) in [6.45, 7) is 9.37. The number of benzene rings is 1. The molecular weight excluding hydrogens is 286 g/mol. The molecule has 1 aliphatic heterocycles. The largest absolute Gasteiger partial charge is 0.372 e. The summed E-state index contributed by atoms with van der Waals surface area (Å²) in [5.41, 5.74) is 2.76. The van der Waals surface area contributed by atoms with Gasteiger partial charge < -0.3 is 10.2 Å². The number of nitrogens with zero attached hydrogens (tertiary/aromatic N) is 3. The number of nitrogens with one attached hydrogen (secondary N) is 2. The number of aromatic nitrogens is 3. The quantitative estimate of drug-likeness (QED) is 0.888. The standard InChI is InChI=1S/C18H27N5/c1-4-23-11-7-9-15(14-8-5-6-10-16(14)23)19-12-17-20-18(13(2)3)22-21-17/h5-6,8,10,13,15,19H,4,7,9,11-12H2,1-3H3,(H,20,21,22). The zero-order chi connectivity index (χ0) is 16.2. The minimum Gasteiger partial charge on any atom is -0.372 e. The molecule has 0 aliphatic carbocycles. The summed E-state index contributed by atoms with van der Waals surface area (Å²) in [4.78, 5) is 7.04. The van der Waals surface area contributed by atoms with Gasteiger partial charge in [-0.25, -0.2) is 4.98 Å². The van der Waals surface area contributed by atoms with Gasteiger partial charge in [0.05, 0.1) is 6.54 Å². The molecule has 0 radical (unpaired) electrons. The average Bonchev–Trinajstić information content (AvgIpc) is 2.96. The molecule has 0 fully saturated rings. The molecule has 2 heterocycles. The molecule has 1 aromatic heterocycles. The minimum absolute atomic E-state index is 0.358. The molecule has 1 aliphatic rings. The van der Waals surface area contributed by atoms with Crippen LogP contribution >= 0.6 is 0 Å². The maximum absolute atomic E-state index is 4.57. The Labute approximate surface area is 138 Å². The number of H-pyrrole nitrogens is 1. The Morgan fingerprint density at radius 3 is 2.91 bits per heavy atom. The van der Waals surface area contributed by atoms with Gasteiger partial charge in [-0.15, -0.1) is 0 Å². The second kappa shape index (κ2) is 7.13. The lowest BCUT2D eigenvalue weighted by Gasteiger charge is -2.24. The van der Waals surface area contributed by atoms with Gasteiger partial charge in [-0.3, -0.25) is 5.10 Å². The van der Waals surface area contributed by atoms with E-state index in [4.69, 9.17) is 0 Å². The fraction of sp³-hybridized carbons (Fsp3) is 0.556. The molecule has 23 heavy (non-hydrogen) atoms. The van der Waals surface area contributed by atoms with Gasteiger partial charge in [0.1, 0.15) is 5.82 Å². The molecule has 3 rings (SSSR count). The molecule has 1 aromatic carbocycles. The zero-order valence-electron chi connectivity index (χ0n) is 14.3. The van der Waals surface area contributed by atoms with E-state index in [1.165, 1.54) is 17.7 Å². The van der Waals surface area contributed by atoms with Crippen LogP contribution < -0.4 is 10.2 Å². The van der Waals surface area contributed by atoms with Gasteiger partial charge in [0, 0.05) is 30.7 Å². The molecule has 5 heteroatoms. The molecule has 0 saturated heterocycles. The first-order valence-electron chi connectivity index (χ1n) is 8.67. The lowest BCUT2D eigenvalue weighted by Crippen LogP contribution is -2.24. The van der Waals surface area contributed by atoms with Crippen LogP contribution in [0.4, 0.5) is 5.69 Å². The summed E-state index contributed by atoms with van der Waals surface area (Å²) in [6.07, 6.45) is 2.35. The highest BCUT2D eigenvalue weighted by Gasteiger charge is 2.21. The highest BCUT2D eigenvalue weighted by molar-refractivity contribution is 5.55. The Morgan fingerprint density at radius 1 is 1.35 bits per heavy atom. The first-order chi connectivity index (χ1) is 11.2. The predicted molar refractivity (Wildman–Crippen MR) is 93.6 cm³/mol. The van der Waals surface area contributed by atoms with Crippen LogP contribution in [0.3, 0.4) is 0 Å². The molecule has 0 amide bonds. The number of anilines is 1. The molecule has 124 valence electrons. The van der Waals surface area contributed by atoms with Crippen LogP contribution in [0.2, 0.25) is 0 Å². The van der Waals surface area contributed by atoms with Crippen molar-refractivity contribution in [3.8, 4) is 0 Å². The van der Waals surface area contributed by atoms with Crippen molar-refractivity contribution >= 4 is 5.69 Å². The molecule has 0 saturated carbocycles. The van der Waals surface area contributed by atoms with Crippen LogP contribution in [0.15, 0.2) is 24.3 Å². The molecule has 2 aromatic rings. The summed E-state index contributed by atoms with van der Waals surface area (Å²) >= 11 is 0. The molecule has 1 atom stereocenters. The van der Waals surface area contributed by atoms with Crippen LogP contribution in [-0.4, -0.2) is 28.3 Å². The predicted octanol–water partition coefficient (Wildman–Crippen LogP) is 3.38. The lowest BCUT2D eigenvalue weighted by atomic mass is 10.0. The maximum atomic E-state index is 4.57. The number of fused-ring (bicyclic) bond motifs is 1. The van der Waals surface area contributed by atoms with E-state index in [1.54, 1.807) is 0 Å². The van der Waals surface area contributed by atoms with Crippen LogP contribution in [0.25, 0.3) is 0 Å². The van der Waals surface area contributed by atoms with Crippen molar-refractivity contribution in [2.24, 2.45) is 0 Å². The normalized spacial score (nSPS) is 18.1. The highest BCUT2D eigenvalue weighted by atomic mass is 15.2. The Morgan fingerprint density at radius 2 is 2.17 bits per heavy atom. The maximum Gasteiger partial charge on any atom is 0.153 e. The molecule has 0 bridgehead atoms. The summed E-state index contributed by atoms with van der Waals surface area (Å²) in [5, 5.41) is 11.0. The molecule has 5 nitrogen and oxygen atoms in total. The number of hydrogen-bond donors (Lipinski definition) is 2. The smallest absolute Gasteiger partial charge is 0.153 e. The zero-order valence-corrected chi connectivity index (χ0v) is 14.3. The van der Waals surface area contributed by atoms with Crippen LogP contribution in [0.1, 0.15) is 62.8 Å². The molecule has 2 N–H and O–H groups in total. The van der Waals surface area contributed by atoms with Crippen molar-refractivity contribution in [2.45, 2.75) is 52.1 Å². The molecule has 0 spiro atoms. The number of hydrogen-bond acceptors (Lipinski definition) is 4. The summed E-state index contributed by atoms with van der Waals surface area (Å²) < 4.78 is 0. The number of para-hydroxylation sites is 1. The van der Waals surface area contributed by atoms with E-state index in [0.29, 0.717) is 12.0 Å². The van der Waals surface area contributed by atoms with E-state index in [1.807, 2.05) is 0 Å². The third-order valence-corrected chi connectivity index (χ3v) is 4.54. The van der Waals surface area contributed by atoms with E-state index >= 15 is 0 Å². The third-order valence-electron chi connectivity index (χ3n) is 4.54. The second-order valence-corrected chi connectivity index (χ2v) is 6.51. The van der Waals surface area contributed by atoms with Gasteiger partial charge in [-0.2, -0.15) is 5.10 Å². The molecule has 1 unspecified atom stereocenters. The summed E-state index contributed by atoms with van der Waals surface area (Å²) in [5.74, 6) is 2.17. The van der Waals surface area contributed by atoms with Crippen LogP contribution in [-0.2, 0) is 6.54 Å². The monoisotopic (exact) mass is 313 g/mol. The number of aromatic amines is 1.